The van der Waals surface area contributed by atoms with Gasteiger partial charge in [-0.05, 0) is 24.3 Å². The number of esters is 2. The summed E-state index contributed by atoms with van der Waals surface area (Å²) in [5, 5.41) is 0. The molecule has 0 bridgehead atoms. The molecule has 2 rings (SSSR count). The summed E-state index contributed by atoms with van der Waals surface area (Å²) in [5.74, 6) is 1.32. The lowest BCUT2D eigenvalue weighted by atomic mass is 9.81. The van der Waals surface area contributed by atoms with Gasteiger partial charge < -0.3 is 4.74 Å². The lowest BCUT2D eigenvalue weighted by Crippen LogP contribution is -2.30. The van der Waals surface area contributed by atoms with Gasteiger partial charge in [-0.15, -0.1) is 0 Å². The summed E-state index contributed by atoms with van der Waals surface area (Å²) in [6.45, 7) is 0. The zero-order valence-corrected chi connectivity index (χ0v) is 7.49. The van der Waals surface area contributed by atoms with Crippen molar-refractivity contribution in [3.8, 4) is 0 Å². The third kappa shape index (κ3) is 1.14. The molecule has 0 unspecified atom stereocenters. The molecule has 0 aromatic heterocycles. The molecular formula is C8H10O3S. The van der Waals surface area contributed by atoms with Crippen molar-refractivity contribution < 1.29 is 14.3 Å². The van der Waals surface area contributed by atoms with Crippen LogP contribution in [0.5, 0.6) is 0 Å². The number of cyclic esters (lactones) is 2. The fourth-order valence-electron chi connectivity index (χ4n) is 1.74. The Morgan fingerprint density at radius 1 is 1.25 bits per heavy atom. The predicted molar refractivity (Wildman–Crippen MR) is 44.7 cm³/mol. The molecule has 2 heterocycles. The lowest BCUT2D eigenvalue weighted by Gasteiger charge is -2.27. The second-order valence-electron chi connectivity index (χ2n) is 3.33. The van der Waals surface area contributed by atoms with Crippen molar-refractivity contribution in [1.82, 2.24) is 0 Å². The molecule has 66 valence electrons. The quantitative estimate of drug-likeness (QED) is 0.417. The van der Waals surface area contributed by atoms with E-state index in [2.05, 4.69) is 4.74 Å². The van der Waals surface area contributed by atoms with Crippen LogP contribution in [-0.2, 0) is 14.3 Å². The van der Waals surface area contributed by atoms with E-state index < -0.39 is 5.41 Å². The summed E-state index contributed by atoms with van der Waals surface area (Å²) in [7, 11) is 0. The van der Waals surface area contributed by atoms with Crippen LogP contribution >= 0.6 is 11.8 Å². The summed E-state index contributed by atoms with van der Waals surface area (Å²) >= 11 is 1.84. The maximum Gasteiger partial charge on any atom is 0.320 e. The molecule has 0 saturated carbocycles. The van der Waals surface area contributed by atoms with Crippen LogP contribution in [-0.4, -0.2) is 23.4 Å². The van der Waals surface area contributed by atoms with Gasteiger partial charge in [0.25, 0.3) is 0 Å². The Bertz CT molecular complexity index is 230. The molecule has 2 aliphatic heterocycles. The number of rotatable bonds is 0. The summed E-state index contributed by atoms with van der Waals surface area (Å²) < 4.78 is 4.57. The number of hydrogen-bond acceptors (Lipinski definition) is 4. The molecular weight excluding hydrogens is 176 g/mol. The molecule has 3 nitrogen and oxygen atoms in total. The van der Waals surface area contributed by atoms with Gasteiger partial charge >= 0.3 is 11.9 Å². The Balaban J connectivity index is 2.18. The van der Waals surface area contributed by atoms with Crippen LogP contribution in [0.3, 0.4) is 0 Å². The minimum absolute atomic E-state index is 0.284. The molecule has 0 amide bonds. The summed E-state index contributed by atoms with van der Waals surface area (Å²) in [6, 6.07) is 0. The van der Waals surface area contributed by atoms with Gasteiger partial charge in [0.05, 0.1) is 11.8 Å². The van der Waals surface area contributed by atoms with Crippen molar-refractivity contribution in [1.29, 1.82) is 0 Å². The maximum atomic E-state index is 11.3. The zero-order chi connectivity index (χ0) is 8.60. The van der Waals surface area contributed by atoms with E-state index in [9.17, 15) is 9.59 Å². The predicted octanol–water partition coefficient (Wildman–Crippen LogP) is 0.973. The van der Waals surface area contributed by atoms with Gasteiger partial charge in [0.15, 0.2) is 0 Å². The van der Waals surface area contributed by atoms with Crippen molar-refractivity contribution in [3.63, 3.8) is 0 Å². The minimum Gasteiger partial charge on any atom is -0.393 e. The van der Waals surface area contributed by atoms with Crippen molar-refractivity contribution in [2.45, 2.75) is 19.3 Å². The first-order valence-electron chi connectivity index (χ1n) is 4.06. The first-order chi connectivity index (χ1) is 5.73. The van der Waals surface area contributed by atoms with Gasteiger partial charge in [0.2, 0.25) is 0 Å². The van der Waals surface area contributed by atoms with Crippen LogP contribution in [0.15, 0.2) is 0 Å². The van der Waals surface area contributed by atoms with Crippen molar-refractivity contribution >= 4 is 23.7 Å². The first kappa shape index (κ1) is 8.10. The smallest absolute Gasteiger partial charge is 0.320 e. The fraction of sp³-hybridized carbons (Fsp3) is 0.750. The Morgan fingerprint density at radius 2 is 1.92 bits per heavy atom. The highest BCUT2D eigenvalue weighted by atomic mass is 32.2. The summed E-state index contributed by atoms with van der Waals surface area (Å²) in [4.78, 5) is 22.2. The topological polar surface area (TPSA) is 43.4 Å². The van der Waals surface area contributed by atoms with Crippen LogP contribution in [0.1, 0.15) is 19.3 Å². The number of carbonyl (C=O) groups excluding carboxylic acids is 2. The van der Waals surface area contributed by atoms with Crippen LogP contribution in [0.25, 0.3) is 0 Å². The van der Waals surface area contributed by atoms with Crippen LogP contribution in [0, 0.1) is 5.41 Å². The van der Waals surface area contributed by atoms with Crippen molar-refractivity contribution in [2.24, 2.45) is 5.41 Å². The third-order valence-electron chi connectivity index (χ3n) is 2.57. The number of carbonyl (C=O) groups is 2. The molecule has 12 heavy (non-hydrogen) atoms. The van der Waals surface area contributed by atoms with Crippen LogP contribution in [0.4, 0.5) is 0 Å². The molecule has 2 aliphatic rings. The maximum absolute atomic E-state index is 11.3. The van der Waals surface area contributed by atoms with E-state index in [1.807, 2.05) is 11.8 Å². The van der Waals surface area contributed by atoms with Gasteiger partial charge in [-0.25, -0.2) is 0 Å². The van der Waals surface area contributed by atoms with Crippen LogP contribution < -0.4 is 0 Å². The van der Waals surface area contributed by atoms with Crippen LogP contribution in [0.2, 0.25) is 0 Å². The Labute approximate surface area is 74.8 Å². The second-order valence-corrected chi connectivity index (χ2v) is 4.56. The number of ether oxygens (including phenoxy) is 1. The molecule has 0 atom stereocenters. The highest BCUT2D eigenvalue weighted by Crippen LogP contribution is 2.42. The summed E-state index contributed by atoms with van der Waals surface area (Å²) in [5.41, 5.74) is -0.428. The monoisotopic (exact) mass is 186 g/mol. The molecule has 0 aromatic carbocycles. The molecule has 2 fully saturated rings. The highest BCUT2D eigenvalue weighted by molar-refractivity contribution is 7.99. The van der Waals surface area contributed by atoms with Crippen molar-refractivity contribution in [3.05, 3.63) is 0 Å². The van der Waals surface area contributed by atoms with Crippen molar-refractivity contribution in [2.75, 3.05) is 11.5 Å². The largest absolute Gasteiger partial charge is 0.393 e. The standard InChI is InChI=1S/C8H10O3S/c9-6-5-8(7(10)11-6)1-3-12-4-2-8/h1-5H2. The van der Waals surface area contributed by atoms with Gasteiger partial charge in [-0.2, -0.15) is 11.8 Å². The average Bonchev–Trinajstić information content (AvgIpc) is 2.29. The number of hydrogen-bond donors (Lipinski definition) is 0. The summed E-state index contributed by atoms with van der Waals surface area (Å²) in [6.07, 6.45) is 1.93. The van der Waals surface area contributed by atoms with E-state index >= 15 is 0 Å². The molecule has 4 heteroatoms. The van der Waals surface area contributed by atoms with E-state index in [1.54, 1.807) is 0 Å². The lowest BCUT2D eigenvalue weighted by molar-refractivity contribution is -0.155. The van der Waals surface area contributed by atoms with E-state index in [0.29, 0.717) is 6.42 Å². The third-order valence-corrected chi connectivity index (χ3v) is 3.56. The second kappa shape index (κ2) is 2.76. The molecule has 0 aromatic rings. The van der Waals surface area contributed by atoms with E-state index in [-0.39, 0.29) is 11.9 Å². The van der Waals surface area contributed by atoms with E-state index in [1.165, 1.54) is 0 Å². The number of thioether (sulfide) groups is 1. The molecule has 0 aliphatic carbocycles. The van der Waals surface area contributed by atoms with E-state index in [0.717, 1.165) is 24.3 Å². The Kier molecular flexibility index (Phi) is 1.87. The Morgan fingerprint density at radius 3 is 2.42 bits per heavy atom. The minimum atomic E-state index is -0.428. The molecule has 1 spiro atoms. The van der Waals surface area contributed by atoms with Gasteiger partial charge in [-0.3, -0.25) is 9.59 Å². The Hall–Kier alpha value is -0.510. The highest BCUT2D eigenvalue weighted by Gasteiger charge is 2.49. The van der Waals surface area contributed by atoms with Gasteiger partial charge in [-0.1, -0.05) is 0 Å². The normalized spacial score (nSPS) is 27.7. The SMILES string of the molecule is O=C1CC2(CCSCC2)C(=O)O1. The van der Waals surface area contributed by atoms with Gasteiger partial charge in [0.1, 0.15) is 0 Å². The first-order valence-corrected chi connectivity index (χ1v) is 5.21. The fourth-order valence-corrected chi connectivity index (χ4v) is 3.01. The molecule has 0 radical (unpaired) electrons. The van der Waals surface area contributed by atoms with E-state index in [4.69, 9.17) is 0 Å². The molecule has 0 N–H and O–H groups in total. The zero-order valence-electron chi connectivity index (χ0n) is 6.67. The van der Waals surface area contributed by atoms with Gasteiger partial charge in [0, 0.05) is 0 Å². The average molecular weight is 186 g/mol. The molecule has 2 saturated heterocycles.